The van der Waals surface area contributed by atoms with Gasteiger partial charge >= 0.3 is 11.9 Å². The van der Waals surface area contributed by atoms with Gasteiger partial charge in [-0.1, -0.05) is 25.7 Å². The Kier molecular flexibility index (Phi) is 20.9. The smallest absolute Gasteiger partial charge is 0.303 e. The van der Waals surface area contributed by atoms with Crippen molar-refractivity contribution in [3.8, 4) is 0 Å². The first-order valence-corrected chi connectivity index (χ1v) is 5.06. The third kappa shape index (κ3) is 19.9. The molecule has 0 saturated carbocycles. The second-order valence-electron chi connectivity index (χ2n) is 3.41. The van der Waals surface area contributed by atoms with E-state index in [2.05, 4.69) is 0 Å². The molecule has 4 nitrogen and oxygen atoms in total. The van der Waals surface area contributed by atoms with Gasteiger partial charge in [0.1, 0.15) is 0 Å². The maximum atomic E-state index is 10.1. The quantitative estimate of drug-likeness (QED) is 0.445. The van der Waals surface area contributed by atoms with E-state index in [1.807, 2.05) is 0 Å². The molecule has 0 bridgehead atoms. The van der Waals surface area contributed by atoms with Gasteiger partial charge in [-0.3, -0.25) is 9.59 Å². The van der Waals surface area contributed by atoms with Gasteiger partial charge in [0.2, 0.25) is 0 Å². The van der Waals surface area contributed by atoms with Gasteiger partial charge in [0.25, 0.3) is 0 Å². The Labute approximate surface area is 127 Å². The van der Waals surface area contributed by atoms with Crippen molar-refractivity contribution < 1.29 is 64.6 Å². The Balaban J connectivity index is -0.000000845. The zero-order valence-corrected chi connectivity index (χ0v) is 11.9. The van der Waals surface area contributed by atoms with Gasteiger partial charge in [-0.2, -0.15) is 0 Å². The van der Waals surface area contributed by atoms with Crippen LogP contribution >= 0.6 is 0 Å². The molecule has 16 heavy (non-hydrogen) atoms. The van der Waals surface area contributed by atoms with Gasteiger partial charge in [0.05, 0.1) is 0 Å². The van der Waals surface area contributed by atoms with E-state index in [9.17, 15) is 9.59 Å². The molecule has 0 saturated heterocycles. The molecule has 0 unspecified atom stereocenters. The van der Waals surface area contributed by atoms with Crippen LogP contribution in [0, 0.1) is 0 Å². The minimum atomic E-state index is -0.740. The van der Waals surface area contributed by atoms with Crippen LogP contribution < -0.4 is 0 Å². The van der Waals surface area contributed by atoms with E-state index >= 15 is 0 Å². The average molecular weight is 418 g/mol. The maximum Gasteiger partial charge on any atom is 0.303 e. The summed E-state index contributed by atoms with van der Waals surface area (Å²) in [5, 5.41) is 16.7. The molecule has 0 aromatic carbocycles. The first kappa shape index (κ1) is 21.7. The Hall–Kier alpha value is 0.421. The van der Waals surface area contributed by atoms with Gasteiger partial charge in [0.15, 0.2) is 0 Å². The zero-order chi connectivity index (χ0) is 10.8. The number of carboxylic acid groups (broad SMARTS) is 2. The summed E-state index contributed by atoms with van der Waals surface area (Å²) in [7, 11) is 0. The first-order valence-electron chi connectivity index (χ1n) is 5.06. The topological polar surface area (TPSA) is 74.6 Å². The van der Waals surface area contributed by atoms with Crippen LogP contribution in [0.1, 0.15) is 51.4 Å². The second kappa shape index (κ2) is 15.4. The summed E-state index contributed by atoms with van der Waals surface area (Å²) in [5.41, 5.74) is 0. The zero-order valence-electron chi connectivity index (χ0n) is 8.97. The Morgan fingerprint density at radius 3 is 1.12 bits per heavy atom. The molecule has 2 radical (unpaired) electrons. The fourth-order valence-electron chi connectivity index (χ4n) is 1.26. The molecule has 0 aliphatic carbocycles. The van der Waals surface area contributed by atoms with Gasteiger partial charge in [0, 0.05) is 57.6 Å². The van der Waals surface area contributed by atoms with Crippen molar-refractivity contribution in [2.24, 2.45) is 0 Å². The number of aliphatic carboxylic acids is 2. The molecule has 0 aromatic rings. The largest absolute Gasteiger partial charge is 0.481 e. The van der Waals surface area contributed by atoms with Gasteiger partial charge in [-0.15, -0.1) is 0 Å². The Bertz CT molecular complexity index is 166. The maximum absolute atomic E-state index is 10.1. The molecule has 0 aromatic heterocycles. The van der Waals surface area contributed by atoms with Crippen molar-refractivity contribution >= 4 is 11.9 Å². The normalized spacial score (nSPS) is 8.75. The number of hydrogen-bond donors (Lipinski definition) is 2. The van der Waals surface area contributed by atoms with Crippen molar-refractivity contribution in [3.63, 3.8) is 0 Å². The van der Waals surface area contributed by atoms with Crippen molar-refractivity contribution in [3.05, 3.63) is 0 Å². The van der Waals surface area contributed by atoms with Crippen LogP contribution in [0.3, 0.4) is 0 Å². The summed E-state index contributed by atoms with van der Waals surface area (Å²) in [5.74, 6) is -1.48. The Morgan fingerprint density at radius 2 is 0.875 bits per heavy atom. The minimum Gasteiger partial charge on any atom is -0.481 e. The number of hydrogen-bond acceptors (Lipinski definition) is 2. The minimum absolute atomic E-state index is 0. The number of carbonyl (C=O) groups is 2. The Morgan fingerprint density at radius 1 is 0.625 bits per heavy atom. The summed E-state index contributed by atoms with van der Waals surface area (Å²) < 4.78 is 0. The molecule has 0 rings (SSSR count). The van der Waals surface area contributed by atoms with E-state index in [1.54, 1.807) is 0 Å². The van der Waals surface area contributed by atoms with Crippen molar-refractivity contribution in [2.45, 2.75) is 51.4 Å². The predicted octanol–water partition coefficient (Wildman–Crippen LogP) is 2.27. The SMILES string of the molecule is O=C(O)CCCCCCCCC(=O)O.[Ag].[Ag]. The van der Waals surface area contributed by atoms with Crippen LogP contribution in [0.5, 0.6) is 0 Å². The summed E-state index contributed by atoms with van der Waals surface area (Å²) in [6.45, 7) is 0. The fourth-order valence-corrected chi connectivity index (χ4v) is 1.26. The predicted molar refractivity (Wildman–Crippen MR) is 52.2 cm³/mol. The molecule has 2 N–H and O–H groups in total. The second-order valence-corrected chi connectivity index (χ2v) is 3.41. The van der Waals surface area contributed by atoms with E-state index in [1.165, 1.54) is 0 Å². The van der Waals surface area contributed by atoms with Gasteiger partial charge < -0.3 is 10.2 Å². The van der Waals surface area contributed by atoms with Crippen LogP contribution in [-0.2, 0) is 54.3 Å². The molecule has 0 aliphatic heterocycles. The van der Waals surface area contributed by atoms with E-state index in [-0.39, 0.29) is 57.6 Å². The summed E-state index contributed by atoms with van der Waals surface area (Å²) in [6, 6.07) is 0. The number of rotatable bonds is 9. The van der Waals surface area contributed by atoms with Crippen LogP contribution in [0.4, 0.5) is 0 Å². The summed E-state index contributed by atoms with van der Waals surface area (Å²) in [4.78, 5) is 20.3. The fraction of sp³-hybridized carbons (Fsp3) is 0.800. The molecular weight excluding hydrogens is 400 g/mol. The van der Waals surface area contributed by atoms with E-state index in [0.29, 0.717) is 0 Å². The molecular formula is C10H18Ag2O4. The van der Waals surface area contributed by atoms with Crippen molar-refractivity contribution in [2.75, 3.05) is 0 Å². The van der Waals surface area contributed by atoms with E-state index in [0.717, 1.165) is 38.5 Å². The number of unbranched alkanes of at least 4 members (excludes halogenated alkanes) is 5. The number of carboxylic acids is 2. The van der Waals surface area contributed by atoms with Crippen molar-refractivity contribution in [1.82, 2.24) is 0 Å². The molecule has 6 heteroatoms. The average Bonchev–Trinajstić information content (AvgIpc) is 2.08. The van der Waals surface area contributed by atoms with Gasteiger partial charge in [-0.25, -0.2) is 0 Å². The van der Waals surface area contributed by atoms with Crippen LogP contribution in [0.15, 0.2) is 0 Å². The molecule has 0 amide bonds. The van der Waals surface area contributed by atoms with Crippen LogP contribution in [0.2, 0.25) is 0 Å². The van der Waals surface area contributed by atoms with Crippen molar-refractivity contribution in [1.29, 1.82) is 0 Å². The molecule has 0 spiro atoms. The van der Waals surface area contributed by atoms with E-state index in [4.69, 9.17) is 10.2 Å². The third-order valence-corrected chi connectivity index (χ3v) is 2.03. The first-order chi connectivity index (χ1) is 6.63. The summed E-state index contributed by atoms with van der Waals surface area (Å²) in [6.07, 6.45) is 5.82. The molecule has 0 aliphatic rings. The van der Waals surface area contributed by atoms with Gasteiger partial charge in [-0.05, 0) is 12.8 Å². The van der Waals surface area contributed by atoms with Crippen LogP contribution in [-0.4, -0.2) is 22.2 Å². The molecule has 104 valence electrons. The molecule has 0 atom stereocenters. The molecule has 0 fully saturated rings. The standard InChI is InChI=1S/C10H18O4.2Ag/c11-9(12)7-5-3-1-2-4-6-8-10(13)14;;/h1-8H2,(H,11,12)(H,13,14);;. The van der Waals surface area contributed by atoms with Crippen LogP contribution in [0.25, 0.3) is 0 Å². The molecule has 0 heterocycles. The monoisotopic (exact) mass is 416 g/mol. The van der Waals surface area contributed by atoms with E-state index < -0.39 is 11.9 Å². The third-order valence-electron chi connectivity index (χ3n) is 2.03. The summed E-state index contributed by atoms with van der Waals surface area (Å²) >= 11 is 0.